The summed E-state index contributed by atoms with van der Waals surface area (Å²) in [6.07, 6.45) is -1.01. The number of carbonyl (C=O) groups is 3. The molecule has 7 heteroatoms. The maximum absolute atomic E-state index is 11.9. The fourth-order valence-electron chi connectivity index (χ4n) is 1.77. The monoisotopic (exact) mass is 297 g/mol. The standard InChI is InChI=1S/C13H12ClNO5/c14-11(16)6-10-12(17)20-8-15(10)13(18)19-7-9-4-2-1-3-5-9/h1-5,10H,6-8H2/t10-/m0/s1. The number of esters is 1. The van der Waals surface area contributed by atoms with E-state index in [1.807, 2.05) is 18.2 Å². The third-order valence-electron chi connectivity index (χ3n) is 2.79. The van der Waals surface area contributed by atoms with Crippen LogP contribution in [0.4, 0.5) is 4.79 Å². The molecule has 0 unspecified atom stereocenters. The Hall–Kier alpha value is -2.08. The number of ether oxygens (including phenoxy) is 2. The number of cyclic esters (lactones) is 1. The summed E-state index contributed by atoms with van der Waals surface area (Å²) in [7, 11) is 0. The molecule has 0 N–H and O–H groups in total. The Kier molecular flexibility index (Phi) is 4.57. The van der Waals surface area contributed by atoms with E-state index in [1.54, 1.807) is 12.1 Å². The zero-order valence-electron chi connectivity index (χ0n) is 10.5. The number of nitrogens with zero attached hydrogens (tertiary/aromatic N) is 1. The molecule has 0 spiro atoms. The first-order valence-corrected chi connectivity index (χ1v) is 6.28. The van der Waals surface area contributed by atoms with Gasteiger partial charge in [0, 0.05) is 0 Å². The predicted octanol–water partition coefficient (Wildman–Crippen LogP) is 1.66. The molecule has 1 saturated heterocycles. The molecule has 1 atom stereocenters. The van der Waals surface area contributed by atoms with Gasteiger partial charge in [-0.25, -0.2) is 9.59 Å². The van der Waals surface area contributed by atoms with Crippen LogP contribution in [0.25, 0.3) is 0 Å². The van der Waals surface area contributed by atoms with E-state index in [9.17, 15) is 14.4 Å². The second-order valence-corrected chi connectivity index (χ2v) is 4.60. The topological polar surface area (TPSA) is 72.9 Å². The van der Waals surface area contributed by atoms with Crippen LogP contribution in [-0.4, -0.2) is 35.0 Å². The van der Waals surface area contributed by atoms with Crippen molar-refractivity contribution in [1.82, 2.24) is 4.90 Å². The van der Waals surface area contributed by atoms with Gasteiger partial charge in [0.05, 0.1) is 6.42 Å². The van der Waals surface area contributed by atoms with Crippen LogP contribution < -0.4 is 0 Å². The Bertz CT molecular complexity index is 519. The zero-order valence-corrected chi connectivity index (χ0v) is 11.2. The van der Waals surface area contributed by atoms with Gasteiger partial charge in [0.25, 0.3) is 0 Å². The summed E-state index contributed by atoms with van der Waals surface area (Å²) in [5.41, 5.74) is 0.817. The van der Waals surface area contributed by atoms with E-state index in [1.165, 1.54) is 0 Å². The number of hydrogen-bond donors (Lipinski definition) is 0. The molecular formula is C13H12ClNO5. The van der Waals surface area contributed by atoms with Gasteiger partial charge in [0.2, 0.25) is 5.24 Å². The average molecular weight is 298 g/mol. The molecule has 2 rings (SSSR count). The average Bonchev–Trinajstić information content (AvgIpc) is 2.78. The molecule has 1 fully saturated rings. The van der Waals surface area contributed by atoms with Gasteiger partial charge in [-0.05, 0) is 17.2 Å². The molecule has 0 bridgehead atoms. The molecule has 1 aliphatic rings. The highest BCUT2D eigenvalue weighted by Gasteiger charge is 2.39. The van der Waals surface area contributed by atoms with Crippen molar-refractivity contribution >= 4 is 28.9 Å². The number of amides is 1. The van der Waals surface area contributed by atoms with Gasteiger partial charge >= 0.3 is 12.1 Å². The first kappa shape index (κ1) is 14.3. The third-order valence-corrected chi connectivity index (χ3v) is 2.94. The van der Waals surface area contributed by atoms with Crippen molar-refractivity contribution in [2.75, 3.05) is 6.73 Å². The minimum absolute atomic E-state index is 0.0753. The van der Waals surface area contributed by atoms with Crippen LogP contribution in [0.2, 0.25) is 0 Å². The quantitative estimate of drug-likeness (QED) is 0.624. The van der Waals surface area contributed by atoms with Crippen LogP contribution in [0.1, 0.15) is 12.0 Å². The first-order valence-electron chi connectivity index (χ1n) is 5.90. The van der Waals surface area contributed by atoms with E-state index in [-0.39, 0.29) is 19.8 Å². The van der Waals surface area contributed by atoms with Crippen LogP contribution in [0.3, 0.4) is 0 Å². The normalized spacial score (nSPS) is 17.8. The molecule has 1 amide bonds. The highest BCUT2D eigenvalue weighted by Crippen LogP contribution is 2.17. The summed E-state index contributed by atoms with van der Waals surface area (Å²) in [6.45, 7) is -0.160. The minimum atomic E-state index is -1.01. The van der Waals surface area contributed by atoms with Crippen molar-refractivity contribution in [2.24, 2.45) is 0 Å². The fraction of sp³-hybridized carbons (Fsp3) is 0.308. The molecule has 6 nitrogen and oxygen atoms in total. The summed E-state index contributed by atoms with van der Waals surface area (Å²) >= 11 is 5.24. The number of halogens is 1. The molecule has 1 aromatic carbocycles. The Morgan fingerprint density at radius 1 is 1.35 bits per heavy atom. The molecule has 0 aliphatic carbocycles. The Morgan fingerprint density at radius 2 is 2.05 bits per heavy atom. The van der Waals surface area contributed by atoms with Gasteiger partial charge in [-0.1, -0.05) is 30.3 Å². The maximum Gasteiger partial charge on any atom is 0.413 e. The Balaban J connectivity index is 1.94. The van der Waals surface area contributed by atoms with E-state index in [0.29, 0.717) is 0 Å². The second-order valence-electron chi connectivity index (χ2n) is 4.18. The third kappa shape index (κ3) is 3.48. The molecule has 0 radical (unpaired) electrons. The molecule has 1 aliphatic heterocycles. The van der Waals surface area contributed by atoms with Gasteiger partial charge in [0.15, 0.2) is 6.73 Å². The smallest absolute Gasteiger partial charge is 0.413 e. The molecule has 1 aromatic rings. The number of benzene rings is 1. The van der Waals surface area contributed by atoms with Crippen LogP contribution in [-0.2, 0) is 25.7 Å². The van der Waals surface area contributed by atoms with E-state index in [0.717, 1.165) is 10.5 Å². The van der Waals surface area contributed by atoms with Crippen LogP contribution in [0, 0.1) is 0 Å². The number of hydrogen-bond acceptors (Lipinski definition) is 5. The summed E-state index contributed by atoms with van der Waals surface area (Å²) in [5.74, 6) is -0.657. The van der Waals surface area contributed by atoms with E-state index in [2.05, 4.69) is 0 Å². The zero-order chi connectivity index (χ0) is 14.5. The van der Waals surface area contributed by atoms with Crippen molar-refractivity contribution in [3.63, 3.8) is 0 Å². The Labute approximate surface area is 120 Å². The lowest BCUT2D eigenvalue weighted by molar-refractivity contribution is -0.139. The summed E-state index contributed by atoms with van der Waals surface area (Å²) < 4.78 is 9.80. The predicted molar refractivity (Wildman–Crippen MR) is 68.7 cm³/mol. The van der Waals surface area contributed by atoms with E-state index >= 15 is 0 Å². The van der Waals surface area contributed by atoms with Crippen molar-refractivity contribution in [3.05, 3.63) is 35.9 Å². The van der Waals surface area contributed by atoms with Gasteiger partial charge in [-0.15, -0.1) is 0 Å². The molecular weight excluding hydrogens is 286 g/mol. The lowest BCUT2D eigenvalue weighted by Crippen LogP contribution is -2.39. The Morgan fingerprint density at radius 3 is 2.70 bits per heavy atom. The fourth-order valence-corrected chi connectivity index (χ4v) is 1.92. The summed E-state index contributed by atoms with van der Waals surface area (Å²) in [6, 6.07) is 8.09. The summed E-state index contributed by atoms with van der Waals surface area (Å²) in [5, 5.41) is -0.713. The molecule has 106 valence electrons. The van der Waals surface area contributed by atoms with Gasteiger partial charge < -0.3 is 9.47 Å². The van der Waals surface area contributed by atoms with Crippen LogP contribution >= 0.6 is 11.6 Å². The van der Waals surface area contributed by atoms with E-state index < -0.39 is 23.3 Å². The van der Waals surface area contributed by atoms with Gasteiger partial charge in [0.1, 0.15) is 12.6 Å². The van der Waals surface area contributed by atoms with Crippen molar-refractivity contribution in [2.45, 2.75) is 19.1 Å². The van der Waals surface area contributed by atoms with Crippen molar-refractivity contribution in [3.8, 4) is 0 Å². The molecule has 0 aromatic heterocycles. The lowest BCUT2D eigenvalue weighted by Gasteiger charge is -2.18. The van der Waals surface area contributed by atoms with Crippen molar-refractivity contribution in [1.29, 1.82) is 0 Å². The highest BCUT2D eigenvalue weighted by atomic mass is 35.5. The minimum Gasteiger partial charge on any atom is -0.444 e. The van der Waals surface area contributed by atoms with Crippen LogP contribution in [0.15, 0.2) is 30.3 Å². The first-order chi connectivity index (χ1) is 9.58. The molecule has 0 saturated carbocycles. The maximum atomic E-state index is 11.9. The van der Waals surface area contributed by atoms with E-state index in [4.69, 9.17) is 21.1 Å². The van der Waals surface area contributed by atoms with Crippen LogP contribution in [0.5, 0.6) is 0 Å². The lowest BCUT2D eigenvalue weighted by atomic mass is 10.2. The van der Waals surface area contributed by atoms with Gasteiger partial charge in [-0.3, -0.25) is 9.69 Å². The number of rotatable bonds is 4. The molecule has 1 heterocycles. The van der Waals surface area contributed by atoms with Gasteiger partial charge in [-0.2, -0.15) is 0 Å². The summed E-state index contributed by atoms with van der Waals surface area (Å²) in [4.78, 5) is 35.2. The number of carbonyl (C=O) groups excluding carboxylic acids is 3. The SMILES string of the molecule is O=C(Cl)C[C@H]1C(=O)OCN1C(=O)OCc1ccccc1. The second kappa shape index (κ2) is 6.38. The highest BCUT2D eigenvalue weighted by molar-refractivity contribution is 6.63. The largest absolute Gasteiger partial charge is 0.444 e. The molecule has 20 heavy (non-hydrogen) atoms. The van der Waals surface area contributed by atoms with Crippen molar-refractivity contribution < 1.29 is 23.9 Å².